The molecule has 0 spiro atoms. The minimum atomic E-state index is 1.32. The van der Waals surface area contributed by atoms with E-state index in [2.05, 4.69) is 40.2 Å². The van der Waals surface area contributed by atoms with E-state index < -0.39 is 0 Å². The number of hydrogen-bond donors (Lipinski definition) is 0. The predicted octanol–water partition coefficient (Wildman–Crippen LogP) is 3.04. The molecule has 0 amide bonds. The highest BCUT2D eigenvalue weighted by molar-refractivity contribution is 9.08. The second kappa shape index (κ2) is 5.54. The highest BCUT2D eigenvalue weighted by Gasteiger charge is 1.72. The van der Waals surface area contributed by atoms with E-state index in [1.54, 1.807) is 22.3 Å². The van der Waals surface area contributed by atoms with Gasteiger partial charge in [-0.1, -0.05) is 35.9 Å². The smallest absolute Gasteiger partial charge is 0.105 e. The van der Waals surface area contributed by atoms with Gasteiger partial charge in [-0.15, -0.1) is 0 Å². The third-order valence-corrected chi connectivity index (χ3v) is 1.83. The summed E-state index contributed by atoms with van der Waals surface area (Å²) < 4.78 is 1.70. The van der Waals surface area contributed by atoms with E-state index in [0.717, 1.165) is 0 Å². The summed E-state index contributed by atoms with van der Waals surface area (Å²) in [6.45, 7) is 2.08. The highest BCUT2D eigenvalue weighted by Crippen LogP contribution is 1.92. The van der Waals surface area contributed by atoms with Crippen molar-refractivity contribution in [1.82, 2.24) is 8.58 Å². The molecule has 0 aliphatic carbocycles. The van der Waals surface area contributed by atoms with Crippen LogP contribution in [-0.2, 0) is 0 Å². The van der Waals surface area contributed by atoms with Crippen molar-refractivity contribution in [2.24, 2.45) is 0 Å². The monoisotopic (exact) mass is 238 g/mol. The number of aryl methyl sites for hydroxylation is 1. The average Bonchev–Trinajstić information content (AvgIpc) is 2.58. The Hall–Kier alpha value is -1.09. The topological polar surface area (TPSA) is 17.8 Å². The summed E-state index contributed by atoms with van der Waals surface area (Å²) >= 11 is 3.14. The van der Waals surface area contributed by atoms with Gasteiger partial charge in [0.1, 0.15) is 6.33 Å². The number of imidazole rings is 1. The lowest BCUT2D eigenvalue weighted by Gasteiger charge is -1.82. The Bertz CT molecular complexity index is 316. The fraction of sp³-hybridized carbons (Fsp3) is 0.100. The van der Waals surface area contributed by atoms with Gasteiger partial charge in [-0.2, -0.15) is 0 Å². The van der Waals surface area contributed by atoms with Gasteiger partial charge in [-0.25, -0.2) is 4.98 Å². The van der Waals surface area contributed by atoms with Crippen LogP contribution in [0, 0.1) is 6.92 Å². The van der Waals surface area contributed by atoms with Crippen LogP contribution in [0.4, 0.5) is 0 Å². The first-order valence-electron chi connectivity index (χ1n) is 3.95. The van der Waals surface area contributed by atoms with Crippen LogP contribution in [-0.4, -0.2) is 8.58 Å². The van der Waals surface area contributed by atoms with Gasteiger partial charge in [-0.3, -0.25) is 3.59 Å². The van der Waals surface area contributed by atoms with E-state index in [1.165, 1.54) is 5.56 Å². The van der Waals surface area contributed by atoms with Crippen LogP contribution in [0.2, 0.25) is 0 Å². The quantitative estimate of drug-likeness (QED) is 0.690. The maximum Gasteiger partial charge on any atom is 0.105 e. The van der Waals surface area contributed by atoms with Crippen molar-refractivity contribution in [2.45, 2.75) is 6.92 Å². The standard InChI is InChI=1S/C7H8.C3H3BrN2/c1-7-5-3-2-4-6-7;4-6-2-1-5-3-6/h2-6H,1H3;1-3H. The molecule has 2 rings (SSSR count). The zero-order valence-electron chi connectivity index (χ0n) is 7.39. The number of aromatic nitrogens is 2. The molecule has 0 aliphatic heterocycles. The van der Waals surface area contributed by atoms with E-state index in [1.807, 2.05) is 18.2 Å². The van der Waals surface area contributed by atoms with E-state index >= 15 is 0 Å². The molecule has 2 nitrogen and oxygen atoms in total. The molecule has 3 heteroatoms. The Morgan fingerprint density at radius 3 is 2.15 bits per heavy atom. The van der Waals surface area contributed by atoms with Crippen LogP contribution in [0.25, 0.3) is 0 Å². The van der Waals surface area contributed by atoms with Crippen molar-refractivity contribution in [2.75, 3.05) is 0 Å². The first-order chi connectivity index (χ1) is 6.29. The molecule has 0 saturated carbocycles. The first kappa shape index (κ1) is 9.99. The van der Waals surface area contributed by atoms with Gasteiger partial charge < -0.3 is 0 Å². The molecule has 0 unspecified atom stereocenters. The summed E-state index contributed by atoms with van der Waals surface area (Å²) in [7, 11) is 0. The normalized spacial score (nSPS) is 8.77. The van der Waals surface area contributed by atoms with E-state index in [-0.39, 0.29) is 0 Å². The Labute approximate surface area is 86.6 Å². The van der Waals surface area contributed by atoms with Gasteiger partial charge in [0.05, 0.1) is 16.1 Å². The number of benzene rings is 1. The average molecular weight is 239 g/mol. The van der Waals surface area contributed by atoms with Crippen LogP contribution in [0.3, 0.4) is 0 Å². The molecule has 0 fully saturated rings. The second-order valence-corrected chi connectivity index (χ2v) is 3.38. The van der Waals surface area contributed by atoms with Gasteiger partial charge in [0.2, 0.25) is 0 Å². The van der Waals surface area contributed by atoms with Crippen LogP contribution in [0.5, 0.6) is 0 Å². The maximum atomic E-state index is 3.74. The number of halogens is 1. The summed E-state index contributed by atoms with van der Waals surface area (Å²) in [5, 5.41) is 0. The SMILES string of the molecule is Brn1ccnc1.Cc1ccccc1. The van der Waals surface area contributed by atoms with Gasteiger partial charge in [0.15, 0.2) is 0 Å². The molecule has 1 aromatic heterocycles. The van der Waals surface area contributed by atoms with Crippen LogP contribution in [0.1, 0.15) is 5.56 Å². The Morgan fingerprint density at radius 1 is 1.23 bits per heavy atom. The molecular formula is C10H11BrN2. The van der Waals surface area contributed by atoms with Crippen LogP contribution < -0.4 is 0 Å². The summed E-state index contributed by atoms with van der Waals surface area (Å²) in [6, 6.07) is 10.3. The molecule has 13 heavy (non-hydrogen) atoms. The summed E-state index contributed by atoms with van der Waals surface area (Å²) in [6.07, 6.45) is 5.18. The third kappa shape index (κ3) is 4.48. The number of nitrogens with zero attached hydrogens (tertiary/aromatic N) is 2. The predicted molar refractivity (Wildman–Crippen MR) is 57.7 cm³/mol. The van der Waals surface area contributed by atoms with Crippen molar-refractivity contribution in [1.29, 1.82) is 0 Å². The molecule has 0 saturated heterocycles. The fourth-order valence-electron chi connectivity index (χ4n) is 0.777. The van der Waals surface area contributed by atoms with Crippen molar-refractivity contribution in [3.63, 3.8) is 0 Å². The largest absolute Gasteiger partial charge is 0.273 e. The molecular weight excluding hydrogens is 228 g/mol. The van der Waals surface area contributed by atoms with Crippen molar-refractivity contribution < 1.29 is 0 Å². The molecule has 1 aromatic carbocycles. The lowest BCUT2D eigenvalue weighted by molar-refractivity contribution is 1.26. The molecule has 68 valence electrons. The maximum absolute atomic E-state index is 3.74. The fourth-order valence-corrected chi connectivity index (χ4v) is 0.989. The lowest BCUT2D eigenvalue weighted by Crippen LogP contribution is -1.63. The van der Waals surface area contributed by atoms with Crippen LogP contribution >= 0.6 is 16.1 Å². The highest BCUT2D eigenvalue weighted by atomic mass is 79.9. The number of rotatable bonds is 0. The van der Waals surface area contributed by atoms with Gasteiger partial charge in [0, 0.05) is 12.4 Å². The first-order valence-corrected chi connectivity index (χ1v) is 4.66. The summed E-state index contributed by atoms with van der Waals surface area (Å²) in [4.78, 5) is 3.74. The van der Waals surface area contributed by atoms with Gasteiger partial charge in [0.25, 0.3) is 0 Å². The molecule has 0 aliphatic rings. The summed E-state index contributed by atoms with van der Waals surface area (Å²) in [5.74, 6) is 0. The zero-order chi connectivity index (χ0) is 9.52. The zero-order valence-corrected chi connectivity index (χ0v) is 8.98. The van der Waals surface area contributed by atoms with Crippen molar-refractivity contribution in [3.05, 3.63) is 54.6 Å². The molecule has 0 bridgehead atoms. The lowest BCUT2D eigenvalue weighted by atomic mass is 10.2. The summed E-state index contributed by atoms with van der Waals surface area (Å²) in [5.41, 5.74) is 1.32. The van der Waals surface area contributed by atoms with Gasteiger partial charge >= 0.3 is 0 Å². The van der Waals surface area contributed by atoms with Gasteiger partial charge in [-0.05, 0) is 6.92 Å². The molecule has 0 radical (unpaired) electrons. The second-order valence-electron chi connectivity index (χ2n) is 2.56. The Kier molecular flexibility index (Phi) is 4.26. The Balaban J connectivity index is 0.000000132. The van der Waals surface area contributed by atoms with E-state index in [4.69, 9.17) is 0 Å². The van der Waals surface area contributed by atoms with E-state index in [0.29, 0.717) is 0 Å². The molecule has 0 atom stereocenters. The molecule has 0 N–H and O–H groups in total. The number of hydrogen-bond acceptors (Lipinski definition) is 1. The minimum Gasteiger partial charge on any atom is -0.273 e. The Morgan fingerprint density at radius 2 is 1.92 bits per heavy atom. The van der Waals surface area contributed by atoms with Crippen molar-refractivity contribution in [3.8, 4) is 0 Å². The van der Waals surface area contributed by atoms with E-state index in [9.17, 15) is 0 Å². The third-order valence-electron chi connectivity index (χ3n) is 1.41. The van der Waals surface area contributed by atoms with Crippen LogP contribution in [0.15, 0.2) is 49.1 Å². The minimum absolute atomic E-state index is 1.32. The molecule has 2 aromatic rings. The van der Waals surface area contributed by atoms with Crippen molar-refractivity contribution >= 4 is 16.1 Å². The molecule has 1 heterocycles.